The van der Waals surface area contributed by atoms with E-state index in [0.29, 0.717) is 13.0 Å². The largest absolute Gasteiger partial charge is 0.389 e. The lowest BCUT2D eigenvalue weighted by molar-refractivity contribution is -0.135. The molecule has 0 amide bonds. The molecule has 3 N–H and O–H groups in total. The number of halogens is 3. The maximum atomic E-state index is 11.9. The molecule has 120 valence electrons. The first-order valence-electron chi connectivity index (χ1n) is 6.60. The monoisotopic (exact) mass is 324 g/mol. The summed E-state index contributed by atoms with van der Waals surface area (Å²) in [5.74, 6) is 0. The van der Waals surface area contributed by atoms with Gasteiger partial charge in [0.2, 0.25) is 10.0 Å². The molecular formula is C13H19F3N2O2S. The van der Waals surface area contributed by atoms with Crippen LogP contribution in [0.3, 0.4) is 0 Å². The van der Waals surface area contributed by atoms with Crippen molar-refractivity contribution in [2.24, 2.45) is 5.73 Å². The molecule has 8 heteroatoms. The zero-order valence-corrected chi connectivity index (χ0v) is 12.3. The van der Waals surface area contributed by atoms with Crippen molar-refractivity contribution in [3.05, 3.63) is 29.8 Å². The number of nitrogens with two attached hydrogens (primary N) is 1. The molecule has 0 spiro atoms. The summed E-state index contributed by atoms with van der Waals surface area (Å²) in [6.45, 7) is 0.465. The fraction of sp³-hybridized carbons (Fsp3) is 0.538. The molecule has 0 aromatic heterocycles. The molecule has 0 unspecified atom stereocenters. The first kappa shape index (κ1) is 17.9. The first-order valence-corrected chi connectivity index (χ1v) is 8.08. The summed E-state index contributed by atoms with van der Waals surface area (Å²) in [5.41, 5.74) is 6.33. The Bertz CT molecular complexity index is 527. The van der Waals surface area contributed by atoms with E-state index in [1.54, 1.807) is 12.1 Å². The zero-order valence-electron chi connectivity index (χ0n) is 11.5. The number of nitrogens with one attached hydrogen (secondary N) is 1. The Labute approximate surface area is 122 Å². The number of hydrogen-bond acceptors (Lipinski definition) is 3. The molecule has 1 aromatic rings. The minimum Gasteiger partial charge on any atom is -0.330 e. The van der Waals surface area contributed by atoms with Crippen molar-refractivity contribution < 1.29 is 21.6 Å². The van der Waals surface area contributed by atoms with Gasteiger partial charge < -0.3 is 5.73 Å². The molecule has 21 heavy (non-hydrogen) atoms. The van der Waals surface area contributed by atoms with Gasteiger partial charge in [0.15, 0.2) is 0 Å². The SMILES string of the molecule is NCCc1ccc(S(=O)(=O)NCCCCC(F)(F)F)cc1. The highest BCUT2D eigenvalue weighted by Gasteiger charge is 2.25. The Hall–Kier alpha value is -1.12. The van der Waals surface area contributed by atoms with Crippen molar-refractivity contribution in [2.45, 2.75) is 36.8 Å². The molecular weight excluding hydrogens is 305 g/mol. The van der Waals surface area contributed by atoms with E-state index in [2.05, 4.69) is 4.72 Å². The normalized spacial score (nSPS) is 12.6. The maximum Gasteiger partial charge on any atom is 0.389 e. The highest BCUT2D eigenvalue weighted by molar-refractivity contribution is 7.89. The number of benzene rings is 1. The van der Waals surface area contributed by atoms with Gasteiger partial charge >= 0.3 is 6.18 Å². The van der Waals surface area contributed by atoms with Gasteiger partial charge in [0, 0.05) is 13.0 Å². The van der Waals surface area contributed by atoms with Crippen molar-refractivity contribution in [2.75, 3.05) is 13.1 Å². The first-order chi connectivity index (χ1) is 9.74. The van der Waals surface area contributed by atoms with Crippen molar-refractivity contribution in [3.63, 3.8) is 0 Å². The number of alkyl halides is 3. The molecule has 1 rings (SSSR count). The molecule has 1 aromatic carbocycles. The van der Waals surface area contributed by atoms with Gasteiger partial charge in [0.05, 0.1) is 4.90 Å². The second kappa shape index (κ2) is 7.77. The Kier molecular flexibility index (Phi) is 6.63. The lowest BCUT2D eigenvalue weighted by Gasteiger charge is -2.08. The third-order valence-electron chi connectivity index (χ3n) is 2.85. The molecule has 0 saturated heterocycles. The van der Waals surface area contributed by atoms with Crippen LogP contribution in [0.5, 0.6) is 0 Å². The molecule has 0 bridgehead atoms. The summed E-state index contributed by atoms with van der Waals surface area (Å²) in [4.78, 5) is 0.0964. The maximum absolute atomic E-state index is 11.9. The van der Waals surface area contributed by atoms with Crippen LogP contribution in [-0.4, -0.2) is 27.7 Å². The molecule has 0 fully saturated rings. The molecule has 0 aliphatic heterocycles. The molecule has 0 radical (unpaired) electrons. The molecule has 0 heterocycles. The van der Waals surface area contributed by atoms with E-state index in [1.807, 2.05) is 0 Å². The van der Waals surface area contributed by atoms with Gasteiger partial charge in [-0.15, -0.1) is 0 Å². The predicted octanol–water partition coefficient (Wildman–Crippen LogP) is 2.20. The standard InChI is InChI=1S/C13H19F3N2O2S/c14-13(15,16)8-1-2-10-18-21(19,20)12-5-3-11(4-6-12)7-9-17/h3-6,18H,1-2,7-10,17H2. The fourth-order valence-corrected chi connectivity index (χ4v) is 2.82. The van der Waals surface area contributed by atoms with E-state index in [4.69, 9.17) is 5.73 Å². The van der Waals surface area contributed by atoms with Crippen molar-refractivity contribution in [1.29, 1.82) is 0 Å². The summed E-state index contributed by atoms with van der Waals surface area (Å²) >= 11 is 0. The summed E-state index contributed by atoms with van der Waals surface area (Å²) in [6.07, 6.45) is -4.39. The van der Waals surface area contributed by atoms with Gasteiger partial charge in [-0.1, -0.05) is 12.1 Å². The van der Waals surface area contributed by atoms with Crippen molar-refractivity contribution >= 4 is 10.0 Å². The topological polar surface area (TPSA) is 72.2 Å². The van der Waals surface area contributed by atoms with Gasteiger partial charge in [-0.05, 0) is 43.5 Å². The Morgan fingerprint density at radius 2 is 1.71 bits per heavy atom. The van der Waals surface area contributed by atoms with E-state index < -0.39 is 22.6 Å². The number of unbranched alkanes of at least 4 members (excludes halogenated alkanes) is 1. The minimum absolute atomic E-state index is 0.0109. The van der Waals surface area contributed by atoms with Crippen LogP contribution >= 0.6 is 0 Å². The quantitative estimate of drug-likeness (QED) is 0.720. The lowest BCUT2D eigenvalue weighted by atomic mass is 10.2. The van der Waals surface area contributed by atoms with Crippen molar-refractivity contribution in [3.8, 4) is 0 Å². The van der Waals surface area contributed by atoms with Gasteiger partial charge in [-0.25, -0.2) is 13.1 Å². The summed E-state index contributed by atoms with van der Waals surface area (Å²) in [7, 11) is -3.67. The van der Waals surface area contributed by atoms with E-state index in [1.165, 1.54) is 12.1 Å². The average Bonchev–Trinajstić information content (AvgIpc) is 2.38. The van der Waals surface area contributed by atoms with E-state index in [0.717, 1.165) is 5.56 Å². The third-order valence-corrected chi connectivity index (χ3v) is 4.32. The summed E-state index contributed by atoms with van der Waals surface area (Å²) < 4.78 is 61.9. The predicted molar refractivity (Wildman–Crippen MR) is 74.3 cm³/mol. The zero-order chi connectivity index (χ0) is 15.9. The Balaban J connectivity index is 2.46. The molecule has 4 nitrogen and oxygen atoms in total. The van der Waals surface area contributed by atoms with Gasteiger partial charge in [-0.3, -0.25) is 0 Å². The highest BCUT2D eigenvalue weighted by atomic mass is 32.2. The number of sulfonamides is 1. The van der Waals surface area contributed by atoms with Crippen LogP contribution < -0.4 is 10.5 Å². The Morgan fingerprint density at radius 3 is 2.24 bits per heavy atom. The minimum atomic E-state index is -4.20. The van der Waals surface area contributed by atoms with E-state index >= 15 is 0 Å². The number of hydrogen-bond donors (Lipinski definition) is 2. The molecule has 0 aliphatic carbocycles. The van der Waals surface area contributed by atoms with E-state index in [9.17, 15) is 21.6 Å². The van der Waals surface area contributed by atoms with Crippen LogP contribution in [0.1, 0.15) is 24.8 Å². The van der Waals surface area contributed by atoms with Crippen LogP contribution in [0.4, 0.5) is 13.2 Å². The lowest BCUT2D eigenvalue weighted by Crippen LogP contribution is -2.25. The van der Waals surface area contributed by atoms with Crippen LogP contribution in [0, 0.1) is 0 Å². The second-order valence-electron chi connectivity index (χ2n) is 4.65. The van der Waals surface area contributed by atoms with Gasteiger partial charge in [-0.2, -0.15) is 13.2 Å². The van der Waals surface area contributed by atoms with Crippen molar-refractivity contribution in [1.82, 2.24) is 4.72 Å². The summed E-state index contributed by atoms with van der Waals surface area (Å²) in [6, 6.07) is 6.27. The highest BCUT2D eigenvalue weighted by Crippen LogP contribution is 2.22. The van der Waals surface area contributed by atoms with Gasteiger partial charge in [0.25, 0.3) is 0 Å². The number of rotatable bonds is 8. The smallest absolute Gasteiger partial charge is 0.330 e. The van der Waals surface area contributed by atoms with E-state index in [-0.39, 0.29) is 24.3 Å². The van der Waals surface area contributed by atoms with Crippen LogP contribution in [0.2, 0.25) is 0 Å². The summed E-state index contributed by atoms with van der Waals surface area (Å²) in [5, 5.41) is 0. The molecule has 0 aliphatic rings. The molecule has 0 atom stereocenters. The second-order valence-corrected chi connectivity index (χ2v) is 6.42. The third kappa shape index (κ3) is 6.92. The van der Waals surface area contributed by atoms with Crippen LogP contribution in [0.25, 0.3) is 0 Å². The molecule has 0 saturated carbocycles. The van der Waals surface area contributed by atoms with Crippen LogP contribution in [-0.2, 0) is 16.4 Å². The fourth-order valence-electron chi connectivity index (χ4n) is 1.74. The van der Waals surface area contributed by atoms with Gasteiger partial charge in [0.1, 0.15) is 0 Å². The van der Waals surface area contributed by atoms with Crippen LogP contribution in [0.15, 0.2) is 29.2 Å². The Morgan fingerprint density at radius 1 is 1.10 bits per heavy atom. The average molecular weight is 324 g/mol.